The molecule has 16 heavy (non-hydrogen) atoms. The smallest absolute Gasteiger partial charge is 0.137 e. The number of nitrogens with zero attached hydrogens (tertiary/aromatic N) is 3. The normalized spacial score (nSPS) is 15.8. The standard InChI is InChI=1S/C11H12N4O/c1-2-11(15-4-3-12-8-15)13-5-9(1)14-10-6-16-7-10/h1-5,8,10,14H,6-7H2. The molecule has 1 aliphatic heterocycles. The average molecular weight is 216 g/mol. The number of hydrogen-bond acceptors (Lipinski definition) is 4. The van der Waals surface area contributed by atoms with Gasteiger partial charge in [0, 0.05) is 12.4 Å². The molecule has 5 heteroatoms. The maximum Gasteiger partial charge on any atom is 0.137 e. The van der Waals surface area contributed by atoms with Crippen LogP contribution in [0.5, 0.6) is 0 Å². The number of hydrogen-bond donors (Lipinski definition) is 1. The Morgan fingerprint density at radius 3 is 2.88 bits per heavy atom. The molecule has 0 aromatic carbocycles. The van der Waals surface area contributed by atoms with Gasteiger partial charge in [-0.25, -0.2) is 9.97 Å². The highest BCUT2D eigenvalue weighted by Gasteiger charge is 2.17. The molecule has 5 nitrogen and oxygen atoms in total. The summed E-state index contributed by atoms with van der Waals surface area (Å²) in [5.41, 5.74) is 1.03. The van der Waals surface area contributed by atoms with E-state index in [4.69, 9.17) is 4.74 Å². The van der Waals surface area contributed by atoms with Crippen LogP contribution in [-0.4, -0.2) is 33.8 Å². The van der Waals surface area contributed by atoms with Crippen LogP contribution in [0.2, 0.25) is 0 Å². The van der Waals surface area contributed by atoms with Crippen molar-refractivity contribution in [1.29, 1.82) is 0 Å². The number of anilines is 1. The van der Waals surface area contributed by atoms with Gasteiger partial charge in [0.1, 0.15) is 12.1 Å². The molecule has 1 aliphatic rings. The van der Waals surface area contributed by atoms with Gasteiger partial charge >= 0.3 is 0 Å². The molecule has 0 atom stereocenters. The van der Waals surface area contributed by atoms with Crippen LogP contribution in [0.15, 0.2) is 37.1 Å². The molecular formula is C11H12N4O. The van der Waals surface area contributed by atoms with E-state index in [0.717, 1.165) is 24.7 Å². The summed E-state index contributed by atoms with van der Waals surface area (Å²) in [5, 5.41) is 3.34. The van der Waals surface area contributed by atoms with Crippen molar-refractivity contribution in [2.24, 2.45) is 0 Å². The summed E-state index contributed by atoms with van der Waals surface area (Å²) in [6.07, 6.45) is 7.16. The predicted molar refractivity (Wildman–Crippen MR) is 59.6 cm³/mol. The van der Waals surface area contributed by atoms with Crippen molar-refractivity contribution in [3.8, 4) is 5.82 Å². The van der Waals surface area contributed by atoms with E-state index in [-0.39, 0.29) is 0 Å². The van der Waals surface area contributed by atoms with E-state index in [1.807, 2.05) is 29.1 Å². The molecule has 3 heterocycles. The summed E-state index contributed by atoms with van der Waals surface area (Å²) in [5.74, 6) is 0.868. The van der Waals surface area contributed by atoms with Crippen molar-refractivity contribution in [2.75, 3.05) is 18.5 Å². The van der Waals surface area contributed by atoms with Gasteiger partial charge in [-0.15, -0.1) is 0 Å². The van der Waals surface area contributed by atoms with Crippen LogP contribution in [0.25, 0.3) is 5.82 Å². The minimum absolute atomic E-state index is 0.431. The summed E-state index contributed by atoms with van der Waals surface area (Å²) < 4.78 is 6.97. The van der Waals surface area contributed by atoms with E-state index in [1.165, 1.54) is 0 Å². The Labute approximate surface area is 93.1 Å². The van der Waals surface area contributed by atoms with Gasteiger partial charge in [0.05, 0.1) is 31.1 Å². The number of imidazole rings is 1. The third-order valence-electron chi connectivity index (χ3n) is 2.53. The Hall–Kier alpha value is -1.88. The van der Waals surface area contributed by atoms with Gasteiger partial charge in [-0.2, -0.15) is 0 Å². The first kappa shape index (κ1) is 9.35. The van der Waals surface area contributed by atoms with Gasteiger partial charge in [0.2, 0.25) is 0 Å². The van der Waals surface area contributed by atoms with Crippen molar-refractivity contribution in [1.82, 2.24) is 14.5 Å². The van der Waals surface area contributed by atoms with Crippen molar-refractivity contribution in [3.63, 3.8) is 0 Å². The first-order valence-corrected chi connectivity index (χ1v) is 5.20. The maximum absolute atomic E-state index is 5.09. The first-order chi connectivity index (χ1) is 7.92. The first-order valence-electron chi connectivity index (χ1n) is 5.20. The van der Waals surface area contributed by atoms with Crippen LogP contribution in [0.4, 0.5) is 5.69 Å². The second-order valence-electron chi connectivity index (χ2n) is 3.75. The molecule has 2 aromatic heterocycles. The number of pyridine rings is 1. The highest BCUT2D eigenvalue weighted by Crippen LogP contribution is 2.13. The van der Waals surface area contributed by atoms with E-state index >= 15 is 0 Å². The summed E-state index contributed by atoms with van der Waals surface area (Å²) in [6, 6.07) is 4.41. The van der Waals surface area contributed by atoms with E-state index in [1.54, 1.807) is 12.5 Å². The molecule has 0 amide bonds. The Morgan fingerprint density at radius 1 is 1.38 bits per heavy atom. The Bertz CT molecular complexity index is 447. The van der Waals surface area contributed by atoms with E-state index in [0.29, 0.717) is 6.04 Å². The molecule has 0 spiro atoms. The lowest BCUT2D eigenvalue weighted by Gasteiger charge is -2.27. The summed E-state index contributed by atoms with van der Waals surface area (Å²) >= 11 is 0. The molecule has 1 N–H and O–H groups in total. The Balaban J connectivity index is 1.74. The lowest BCUT2D eigenvalue weighted by atomic mass is 10.2. The predicted octanol–water partition coefficient (Wildman–Crippen LogP) is 1.08. The third kappa shape index (κ3) is 1.77. The van der Waals surface area contributed by atoms with Crippen LogP contribution >= 0.6 is 0 Å². The lowest BCUT2D eigenvalue weighted by Crippen LogP contribution is -2.40. The van der Waals surface area contributed by atoms with Crippen LogP contribution < -0.4 is 5.32 Å². The average Bonchev–Trinajstić information content (AvgIpc) is 2.78. The third-order valence-corrected chi connectivity index (χ3v) is 2.53. The van der Waals surface area contributed by atoms with E-state index in [9.17, 15) is 0 Å². The van der Waals surface area contributed by atoms with Gasteiger partial charge in [0.15, 0.2) is 0 Å². The van der Waals surface area contributed by atoms with Gasteiger partial charge < -0.3 is 10.1 Å². The molecule has 1 saturated heterocycles. The quantitative estimate of drug-likeness (QED) is 0.834. The highest BCUT2D eigenvalue weighted by atomic mass is 16.5. The fourth-order valence-electron chi connectivity index (χ4n) is 1.57. The second-order valence-corrected chi connectivity index (χ2v) is 3.75. The molecular weight excluding hydrogens is 204 g/mol. The molecule has 0 unspecified atom stereocenters. The monoisotopic (exact) mass is 216 g/mol. The van der Waals surface area contributed by atoms with Crippen LogP contribution in [-0.2, 0) is 4.74 Å². The van der Waals surface area contributed by atoms with Gasteiger partial charge in [-0.1, -0.05) is 0 Å². The molecule has 0 saturated carbocycles. The summed E-state index contributed by atoms with van der Waals surface area (Å²) in [7, 11) is 0. The highest BCUT2D eigenvalue weighted by molar-refractivity contribution is 5.44. The molecule has 0 radical (unpaired) electrons. The van der Waals surface area contributed by atoms with Crippen molar-refractivity contribution >= 4 is 5.69 Å². The van der Waals surface area contributed by atoms with Crippen molar-refractivity contribution in [3.05, 3.63) is 37.1 Å². The zero-order valence-electron chi connectivity index (χ0n) is 8.71. The number of ether oxygens (including phenoxy) is 1. The van der Waals surface area contributed by atoms with Gasteiger partial charge in [0.25, 0.3) is 0 Å². The molecule has 1 fully saturated rings. The fraction of sp³-hybridized carbons (Fsp3) is 0.273. The van der Waals surface area contributed by atoms with Gasteiger partial charge in [-0.05, 0) is 12.1 Å². The summed E-state index contributed by atoms with van der Waals surface area (Å²) in [6.45, 7) is 1.56. The number of nitrogens with one attached hydrogen (secondary N) is 1. The van der Waals surface area contributed by atoms with Crippen molar-refractivity contribution in [2.45, 2.75) is 6.04 Å². The zero-order valence-corrected chi connectivity index (χ0v) is 8.71. The van der Waals surface area contributed by atoms with E-state index in [2.05, 4.69) is 15.3 Å². The van der Waals surface area contributed by atoms with Crippen LogP contribution in [0, 0.1) is 0 Å². The second kappa shape index (κ2) is 3.94. The number of rotatable bonds is 3. The SMILES string of the molecule is c1cn(-c2ccc(NC3COC3)cn2)cn1. The van der Waals surface area contributed by atoms with Crippen LogP contribution in [0.3, 0.4) is 0 Å². The largest absolute Gasteiger partial charge is 0.377 e. The fourth-order valence-corrected chi connectivity index (χ4v) is 1.57. The molecule has 82 valence electrons. The Kier molecular flexibility index (Phi) is 2.30. The Morgan fingerprint density at radius 2 is 2.31 bits per heavy atom. The van der Waals surface area contributed by atoms with Gasteiger partial charge in [-0.3, -0.25) is 4.57 Å². The van der Waals surface area contributed by atoms with Crippen molar-refractivity contribution < 1.29 is 4.74 Å². The number of aromatic nitrogens is 3. The van der Waals surface area contributed by atoms with Crippen LogP contribution in [0.1, 0.15) is 0 Å². The van der Waals surface area contributed by atoms with E-state index < -0.39 is 0 Å². The molecule has 2 aromatic rings. The summed E-state index contributed by atoms with van der Waals surface area (Å²) in [4.78, 5) is 8.33. The minimum Gasteiger partial charge on any atom is -0.377 e. The topological polar surface area (TPSA) is 52.0 Å². The molecule has 0 aliphatic carbocycles. The lowest BCUT2D eigenvalue weighted by molar-refractivity contribution is 0.0211. The maximum atomic E-state index is 5.09. The minimum atomic E-state index is 0.431. The zero-order chi connectivity index (χ0) is 10.8. The molecule has 3 rings (SSSR count). The molecule has 0 bridgehead atoms.